The van der Waals surface area contributed by atoms with Gasteiger partial charge >= 0.3 is 0 Å². The Balaban J connectivity index is 3.96. The van der Waals surface area contributed by atoms with Gasteiger partial charge in [-0.25, -0.2) is 0 Å². The van der Waals surface area contributed by atoms with Gasteiger partial charge in [-0.2, -0.15) is 0 Å². The monoisotopic (exact) mass is 184 g/mol. The van der Waals surface area contributed by atoms with Crippen molar-refractivity contribution in [2.24, 2.45) is 5.92 Å². The van der Waals surface area contributed by atoms with Gasteiger partial charge in [-0.15, -0.1) is 0 Å². The molecule has 13 heavy (non-hydrogen) atoms. The molecule has 0 fully saturated rings. The van der Waals surface area contributed by atoms with Gasteiger partial charge in [-0.1, -0.05) is 31.9 Å². The molecule has 1 N–H and O–H groups in total. The molecule has 0 bridgehead atoms. The lowest BCUT2D eigenvalue weighted by Gasteiger charge is -2.29. The van der Waals surface area contributed by atoms with Crippen LogP contribution in [-0.2, 0) is 0 Å². The first-order valence-corrected chi connectivity index (χ1v) is 5.26. The van der Waals surface area contributed by atoms with Crippen molar-refractivity contribution in [2.45, 2.75) is 59.5 Å². The molecule has 0 aliphatic rings. The maximum Gasteiger partial charge on any atom is 0.0648 e. The topological polar surface area (TPSA) is 20.2 Å². The van der Waals surface area contributed by atoms with Crippen LogP contribution in [0.4, 0.5) is 0 Å². The maximum absolute atomic E-state index is 10.1. The van der Waals surface area contributed by atoms with Crippen molar-refractivity contribution in [1.29, 1.82) is 0 Å². The summed E-state index contributed by atoms with van der Waals surface area (Å²) in [7, 11) is 0. The minimum absolute atomic E-state index is 0.387. The van der Waals surface area contributed by atoms with Gasteiger partial charge in [-0.3, -0.25) is 0 Å². The highest BCUT2D eigenvalue weighted by Crippen LogP contribution is 2.25. The Morgan fingerprint density at radius 3 is 2.38 bits per heavy atom. The second-order valence-corrected chi connectivity index (χ2v) is 4.49. The van der Waals surface area contributed by atoms with Crippen molar-refractivity contribution in [2.75, 3.05) is 0 Å². The van der Waals surface area contributed by atoms with Crippen molar-refractivity contribution >= 4 is 0 Å². The lowest BCUT2D eigenvalue weighted by atomic mass is 9.85. The van der Waals surface area contributed by atoms with Crippen molar-refractivity contribution in [1.82, 2.24) is 0 Å². The van der Waals surface area contributed by atoms with E-state index in [4.69, 9.17) is 0 Å². The molecule has 0 saturated heterocycles. The third-order valence-corrected chi connectivity index (χ3v) is 2.88. The van der Waals surface area contributed by atoms with Crippen LogP contribution in [0.2, 0.25) is 0 Å². The van der Waals surface area contributed by atoms with Crippen LogP contribution in [0.1, 0.15) is 53.9 Å². The highest BCUT2D eigenvalue weighted by atomic mass is 16.3. The summed E-state index contributed by atoms with van der Waals surface area (Å²) in [6.07, 6.45) is 5.09. The van der Waals surface area contributed by atoms with Crippen LogP contribution >= 0.6 is 0 Å². The zero-order chi connectivity index (χ0) is 10.5. The number of allylic oxidation sites excluding steroid dienone is 2. The van der Waals surface area contributed by atoms with Gasteiger partial charge in [-0.05, 0) is 39.5 Å². The predicted octanol–water partition coefficient (Wildman–Crippen LogP) is 3.53. The zero-order valence-electron chi connectivity index (χ0n) is 9.72. The fraction of sp³-hybridized carbons (Fsp3) is 0.833. The van der Waals surface area contributed by atoms with E-state index in [2.05, 4.69) is 33.8 Å². The predicted molar refractivity (Wildman–Crippen MR) is 58.7 cm³/mol. The van der Waals surface area contributed by atoms with E-state index in [1.807, 2.05) is 6.92 Å². The first-order valence-electron chi connectivity index (χ1n) is 5.26. The average Bonchev–Trinajstić information content (AvgIpc) is 2.01. The van der Waals surface area contributed by atoms with E-state index in [9.17, 15) is 5.11 Å². The molecular weight excluding hydrogens is 160 g/mol. The smallest absolute Gasteiger partial charge is 0.0648 e. The van der Waals surface area contributed by atoms with E-state index < -0.39 is 5.60 Å². The SMILES string of the molecule is CCC(C)C(C)(O)CCC=C(C)C. The van der Waals surface area contributed by atoms with E-state index in [1.165, 1.54) is 5.57 Å². The molecule has 78 valence electrons. The van der Waals surface area contributed by atoms with Crippen LogP contribution in [0.25, 0.3) is 0 Å². The molecule has 2 atom stereocenters. The minimum Gasteiger partial charge on any atom is -0.390 e. The van der Waals surface area contributed by atoms with Gasteiger partial charge in [0.1, 0.15) is 0 Å². The van der Waals surface area contributed by atoms with E-state index in [0.29, 0.717) is 5.92 Å². The van der Waals surface area contributed by atoms with E-state index in [0.717, 1.165) is 19.3 Å². The first-order chi connectivity index (χ1) is 5.90. The lowest BCUT2D eigenvalue weighted by molar-refractivity contribution is -0.00227. The van der Waals surface area contributed by atoms with Gasteiger partial charge < -0.3 is 5.11 Å². The van der Waals surface area contributed by atoms with Gasteiger partial charge in [0.25, 0.3) is 0 Å². The summed E-state index contributed by atoms with van der Waals surface area (Å²) in [4.78, 5) is 0. The quantitative estimate of drug-likeness (QED) is 0.648. The summed E-state index contributed by atoms with van der Waals surface area (Å²) in [5.74, 6) is 0.387. The molecule has 0 spiro atoms. The summed E-state index contributed by atoms with van der Waals surface area (Å²) < 4.78 is 0. The first kappa shape index (κ1) is 12.7. The summed E-state index contributed by atoms with van der Waals surface area (Å²) in [6, 6.07) is 0. The third-order valence-electron chi connectivity index (χ3n) is 2.88. The lowest BCUT2D eigenvalue weighted by Crippen LogP contribution is -2.32. The largest absolute Gasteiger partial charge is 0.390 e. The summed E-state index contributed by atoms with van der Waals surface area (Å²) >= 11 is 0. The summed E-state index contributed by atoms with van der Waals surface area (Å²) in [5, 5.41) is 10.1. The number of rotatable bonds is 5. The van der Waals surface area contributed by atoms with Crippen molar-refractivity contribution in [3.05, 3.63) is 11.6 Å². The molecule has 0 aliphatic heterocycles. The molecule has 0 saturated carbocycles. The van der Waals surface area contributed by atoms with Crippen LogP contribution in [-0.4, -0.2) is 10.7 Å². The zero-order valence-corrected chi connectivity index (χ0v) is 9.72. The Morgan fingerprint density at radius 1 is 1.46 bits per heavy atom. The van der Waals surface area contributed by atoms with Gasteiger partial charge in [0.05, 0.1) is 5.60 Å². The van der Waals surface area contributed by atoms with E-state index >= 15 is 0 Å². The fourth-order valence-corrected chi connectivity index (χ4v) is 1.34. The molecular formula is C12H24O. The van der Waals surface area contributed by atoms with Crippen LogP contribution in [0.15, 0.2) is 11.6 Å². The number of hydrogen-bond acceptors (Lipinski definition) is 1. The number of hydrogen-bond donors (Lipinski definition) is 1. The molecule has 0 aromatic heterocycles. The highest BCUT2D eigenvalue weighted by Gasteiger charge is 2.25. The highest BCUT2D eigenvalue weighted by molar-refractivity contribution is 4.94. The molecule has 1 nitrogen and oxygen atoms in total. The Labute approximate surface area is 82.9 Å². The van der Waals surface area contributed by atoms with Gasteiger partial charge in [0.15, 0.2) is 0 Å². The Hall–Kier alpha value is -0.300. The standard InChI is InChI=1S/C12H24O/c1-6-11(4)12(5,13)9-7-8-10(2)3/h8,11,13H,6-7,9H2,1-5H3. The second-order valence-electron chi connectivity index (χ2n) is 4.49. The normalized spacial score (nSPS) is 17.7. The van der Waals surface area contributed by atoms with Crippen LogP contribution < -0.4 is 0 Å². The molecule has 0 rings (SSSR count). The summed E-state index contributed by atoms with van der Waals surface area (Å²) in [5.41, 5.74) is 0.834. The van der Waals surface area contributed by atoms with E-state index in [1.54, 1.807) is 0 Å². The van der Waals surface area contributed by atoms with Crippen molar-refractivity contribution < 1.29 is 5.11 Å². The Kier molecular flexibility index (Phi) is 5.31. The molecule has 0 aromatic carbocycles. The fourth-order valence-electron chi connectivity index (χ4n) is 1.34. The molecule has 0 radical (unpaired) electrons. The van der Waals surface area contributed by atoms with E-state index in [-0.39, 0.29) is 0 Å². The molecule has 0 aliphatic carbocycles. The molecule has 0 amide bonds. The molecule has 2 unspecified atom stereocenters. The third kappa shape index (κ3) is 5.09. The van der Waals surface area contributed by atoms with Crippen molar-refractivity contribution in [3.63, 3.8) is 0 Å². The second kappa shape index (κ2) is 5.43. The average molecular weight is 184 g/mol. The van der Waals surface area contributed by atoms with Crippen LogP contribution in [0.3, 0.4) is 0 Å². The van der Waals surface area contributed by atoms with Gasteiger partial charge in [0.2, 0.25) is 0 Å². The minimum atomic E-state index is -0.499. The Morgan fingerprint density at radius 2 is 2.00 bits per heavy atom. The Bertz CT molecular complexity index is 164. The number of aliphatic hydroxyl groups is 1. The van der Waals surface area contributed by atoms with Crippen LogP contribution in [0, 0.1) is 5.92 Å². The summed E-state index contributed by atoms with van der Waals surface area (Å²) in [6.45, 7) is 10.4. The molecule has 0 aromatic rings. The maximum atomic E-state index is 10.1. The van der Waals surface area contributed by atoms with Crippen molar-refractivity contribution in [3.8, 4) is 0 Å². The van der Waals surface area contributed by atoms with Crippen LogP contribution in [0.5, 0.6) is 0 Å². The van der Waals surface area contributed by atoms with Gasteiger partial charge in [0, 0.05) is 0 Å². The molecule has 1 heteroatoms. The molecule has 0 heterocycles.